The standard InChI is InChI=1S/C28H31N5O/c1-21-25(19-30-27-18-26(31-33(21)27)24-10-6-3-7-11-24)28(34)29-15-12-22-13-16-32(17-14-22)20-23-8-4-2-5-9-23/h2-11,18-19,22H,12-17,20H2,1H3,(H,29,34). The zero-order chi connectivity index (χ0) is 23.3. The summed E-state index contributed by atoms with van der Waals surface area (Å²) in [7, 11) is 0. The summed E-state index contributed by atoms with van der Waals surface area (Å²) in [6.07, 6.45) is 5.05. The fourth-order valence-electron chi connectivity index (χ4n) is 4.78. The number of amides is 1. The molecule has 5 rings (SSSR count). The number of carbonyl (C=O) groups is 1. The number of hydrogen-bond acceptors (Lipinski definition) is 4. The Hall–Kier alpha value is -3.51. The zero-order valence-electron chi connectivity index (χ0n) is 19.7. The van der Waals surface area contributed by atoms with E-state index in [9.17, 15) is 4.79 Å². The highest BCUT2D eigenvalue weighted by Crippen LogP contribution is 2.22. The fourth-order valence-corrected chi connectivity index (χ4v) is 4.78. The van der Waals surface area contributed by atoms with Crippen molar-refractivity contribution >= 4 is 11.6 Å². The number of hydrogen-bond donors (Lipinski definition) is 1. The number of aromatic nitrogens is 3. The monoisotopic (exact) mass is 453 g/mol. The van der Waals surface area contributed by atoms with Crippen LogP contribution in [-0.4, -0.2) is 45.0 Å². The van der Waals surface area contributed by atoms with Gasteiger partial charge in [-0.1, -0.05) is 60.7 Å². The third-order valence-corrected chi connectivity index (χ3v) is 6.83. The van der Waals surface area contributed by atoms with Gasteiger partial charge < -0.3 is 5.32 Å². The molecule has 1 amide bonds. The van der Waals surface area contributed by atoms with Crippen molar-refractivity contribution in [3.8, 4) is 11.3 Å². The van der Waals surface area contributed by atoms with Gasteiger partial charge >= 0.3 is 0 Å². The highest BCUT2D eigenvalue weighted by atomic mass is 16.1. The van der Waals surface area contributed by atoms with Crippen molar-refractivity contribution in [2.75, 3.05) is 19.6 Å². The molecule has 0 aliphatic carbocycles. The third kappa shape index (κ3) is 5.02. The third-order valence-electron chi connectivity index (χ3n) is 6.83. The molecule has 1 fully saturated rings. The first-order valence-corrected chi connectivity index (χ1v) is 12.1. The van der Waals surface area contributed by atoms with Crippen molar-refractivity contribution in [3.63, 3.8) is 0 Å². The predicted octanol–water partition coefficient (Wildman–Crippen LogP) is 4.74. The Balaban J connectivity index is 1.14. The topological polar surface area (TPSA) is 62.5 Å². The molecule has 1 saturated heterocycles. The van der Waals surface area contributed by atoms with Gasteiger partial charge in [0.05, 0.1) is 17.0 Å². The molecule has 174 valence electrons. The maximum Gasteiger partial charge on any atom is 0.254 e. The maximum absolute atomic E-state index is 12.9. The van der Waals surface area contributed by atoms with Crippen molar-refractivity contribution in [2.24, 2.45) is 5.92 Å². The molecule has 3 heterocycles. The molecular formula is C28H31N5O. The molecule has 0 saturated carbocycles. The van der Waals surface area contributed by atoms with Gasteiger partial charge in [0.15, 0.2) is 5.65 Å². The average Bonchev–Trinajstić information content (AvgIpc) is 3.32. The SMILES string of the molecule is Cc1c(C(=O)NCCC2CCN(Cc3ccccc3)CC2)cnc2cc(-c3ccccc3)nn12. The molecule has 0 spiro atoms. The lowest BCUT2D eigenvalue weighted by Gasteiger charge is -2.32. The van der Waals surface area contributed by atoms with Crippen LogP contribution in [0.25, 0.3) is 16.9 Å². The van der Waals surface area contributed by atoms with Crippen LogP contribution in [0.3, 0.4) is 0 Å². The number of piperidine rings is 1. The molecule has 0 bridgehead atoms. The Morgan fingerprint density at radius 2 is 1.74 bits per heavy atom. The minimum atomic E-state index is -0.0785. The Kier molecular flexibility index (Phi) is 6.67. The number of nitrogens with zero attached hydrogens (tertiary/aromatic N) is 4. The minimum absolute atomic E-state index is 0.0785. The summed E-state index contributed by atoms with van der Waals surface area (Å²) in [5.74, 6) is 0.582. The highest BCUT2D eigenvalue weighted by Gasteiger charge is 2.20. The first-order chi connectivity index (χ1) is 16.7. The molecule has 6 nitrogen and oxygen atoms in total. The van der Waals surface area contributed by atoms with Gasteiger partial charge in [-0.05, 0) is 50.8 Å². The molecule has 4 aromatic rings. The Morgan fingerprint density at radius 1 is 1.03 bits per heavy atom. The van der Waals surface area contributed by atoms with Crippen LogP contribution in [0.2, 0.25) is 0 Å². The van der Waals surface area contributed by atoms with Crippen LogP contribution in [0.15, 0.2) is 72.9 Å². The molecule has 1 N–H and O–H groups in total. The maximum atomic E-state index is 12.9. The molecule has 1 aliphatic heterocycles. The van der Waals surface area contributed by atoms with E-state index in [1.165, 1.54) is 18.4 Å². The number of aryl methyl sites for hydroxylation is 1. The van der Waals surface area contributed by atoms with Crippen LogP contribution in [0.4, 0.5) is 0 Å². The molecule has 34 heavy (non-hydrogen) atoms. The number of likely N-dealkylation sites (tertiary alicyclic amines) is 1. The van der Waals surface area contributed by atoms with Crippen LogP contribution in [0.5, 0.6) is 0 Å². The van der Waals surface area contributed by atoms with Gasteiger partial charge in [0.2, 0.25) is 0 Å². The number of benzene rings is 2. The summed E-state index contributed by atoms with van der Waals surface area (Å²) in [5.41, 5.74) is 5.39. The summed E-state index contributed by atoms with van der Waals surface area (Å²) >= 11 is 0. The van der Waals surface area contributed by atoms with Crippen molar-refractivity contribution in [3.05, 3.63) is 89.7 Å². The fraction of sp³-hybridized carbons (Fsp3) is 0.321. The molecule has 0 atom stereocenters. The number of carbonyl (C=O) groups excluding carboxylic acids is 1. The van der Waals surface area contributed by atoms with Gasteiger partial charge in [-0.25, -0.2) is 9.50 Å². The smallest absolute Gasteiger partial charge is 0.254 e. The quantitative estimate of drug-likeness (QED) is 0.439. The van der Waals surface area contributed by atoms with E-state index in [0.717, 1.165) is 48.7 Å². The molecule has 0 unspecified atom stereocenters. The predicted molar refractivity (Wildman–Crippen MR) is 135 cm³/mol. The first-order valence-electron chi connectivity index (χ1n) is 12.1. The second kappa shape index (κ2) is 10.2. The lowest BCUT2D eigenvalue weighted by molar-refractivity contribution is 0.0946. The van der Waals surface area contributed by atoms with E-state index in [2.05, 4.69) is 50.6 Å². The largest absolute Gasteiger partial charge is 0.352 e. The van der Waals surface area contributed by atoms with Crippen LogP contribution in [-0.2, 0) is 6.54 Å². The van der Waals surface area contributed by atoms with Crippen LogP contribution in [0, 0.1) is 12.8 Å². The van der Waals surface area contributed by atoms with Crippen LogP contribution in [0.1, 0.15) is 40.9 Å². The van der Waals surface area contributed by atoms with Crippen molar-refractivity contribution in [1.82, 2.24) is 24.8 Å². The second-order valence-corrected chi connectivity index (χ2v) is 9.17. The number of nitrogens with one attached hydrogen (secondary N) is 1. The van der Waals surface area contributed by atoms with Crippen LogP contribution < -0.4 is 5.32 Å². The van der Waals surface area contributed by atoms with E-state index in [0.29, 0.717) is 18.0 Å². The van der Waals surface area contributed by atoms with Crippen molar-refractivity contribution in [1.29, 1.82) is 0 Å². The van der Waals surface area contributed by atoms with Crippen molar-refractivity contribution in [2.45, 2.75) is 32.7 Å². The summed E-state index contributed by atoms with van der Waals surface area (Å²) in [5, 5.41) is 7.79. The van der Waals surface area contributed by atoms with Gasteiger partial charge in [0.1, 0.15) is 0 Å². The second-order valence-electron chi connectivity index (χ2n) is 9.17. The number of fused-ring (bicyclic) bond motifs is 1. The van der Waals surface area contributed by atoms with Gasteiger partial charge in [-0.3, -0.25) is 9.69 Å². The Labute approximate surface area is 200 Å². The van der Waals surface area contributed by atoms with Gasteiger partial charge in [0, 0.05) is 30.9 Å². The summed E-state index contributed by atoms with van der Waals surface area (Å²) in [6.45, 7) is 5.88. The minimum Gasteiger partial charge on any atom is -0.352 e. The van der Waals surface area contributed by atoms with E-state index in [4.69, 9.17) is 0 Å². The number of rotatable bonds is 7. The summed E-state index contributed by atoms with van der Waals surface area (Å²) in [6, 6.07) is 22.6. The zero-order valence-corrected chi connectivity index (χ0v) is 19.7. The van der Waals surface area contributed by atoms with E-state index >= 15 is 0 Å². The van der Waals surface area contributed by atoms with E-state index in [-0.39, 0.29) is 5.91 Å². The summed E-state index contributed by atoms with van der Waals surface area (Å²) in [4.78, 5) is 19.9. The summed E-state index contributed by atoms with van der Waals surface area (Å²) < 4.78 is 1.76. The van der Waals surface area contributed by atoms with E-state index in [1.54, 1.807) is 10.7 Å². The molecular weight excluding hydrogens is 422 g/mol. The lowest BCUT2D eigenvalue weighted by Crippen LogP contribution is -2.35. The Bertz CT molecular complexity index is 1240. The van der Waals surface area contributed by atoms with Gasteiger partial charge in [-0.2, -0.15) is 5.10 Å². The molecule has 2 aromatic carbocycles. The normalized spacial score (nSPS) is 15.0. The molecule has 0 radical (unpaired) electrons. The van der Waals surface area contributed by atoms with E-state index < -0.39 is 0 Å². The first kappa shape index (κ1) is 22.3. The average molecular weight is 454 g/mol. The molecule has 6 heteroatoms. The van der Waals surface area contributed by atoms with Gasteiger partial charge in [0.25, 0.3) is 5.91 Å². The van der Waals surface area contributed by atoms with Crippen LogP contribution >= 0.6 is 0 Å². The van der Waals surface area contributed by atoms with Crippen molar-refractivity contribution < 1.29 is 4.79 Å². The molecule has 2 aromatic heterocycles. The van der Waals surface area contributed by atoms with Gasteiger partial charge in [-0.15, -0.1) is 0 Å². The van der Waals surface area contributed by atoms with E-state index in [1.807, 2.05) is 43.3 Å². The highest BCUT2D eigenvalue weighted by molar-refractivity contribution is 5.95. The lowest BCUT2D eigenvalue weighted by atomic mass is 9.93. The Morgan fingerprint density at radius 3 is 2.47 bits per heavy atom. The molecule has 1 aliphatic rings.